The SMILES string of the molecule is O=C(NC(CO)(CO)CO)[C@H]1C[C@@H](c2c(-c3ccc(F)cc3)[nH]c3c(F)cc(F)cc32)C1. The van der Waals surface area contributed by atoms with E-state index in [2.05, 4.69) is 10.3 Å². The third kappa shape index (κ3) is 3.87. The number of carbonyl (C=O) groups is 1. The first-order valence-electron chi connectivity index (χ1n) is 10.2. The average Bonchev–Trinajstić information content (AvgIpc) is 3.11. The lowest BCUT2D eigenvalue weighted by Gasteiger charge is -2.38. The fourth-order valence-corrected chi connectivity index (χ4v) is 4.21. The van der Waals surface area contributed by atoms with Gasteiger partial charge in [-0.2, -0.15) is 0 Å². The van der Waals surface area contributed by atoms with Crippen molar-refractivity contribution in [2.75, 3.05) is 19.8 Å². The molecule has 5 N–H and O–H groups in total. The number of aliphatic hydroxyl groups excluding tert-OH is 3. The monoisotopic (exact) mass is 448 g/mol. The number of hydrogen-bond donors (Lipinski definition) is 5. The van der Waals surface area contributed by atoms with Crippen molar-refractivity contribution in [1.82, 2.24) is 10.3 Å². The molecule has 32 heavy (non-hydrogen) atoms. The van der Waals surface area contributed by atoms with Crippen molar-refractivity contribution in [2.24, 2.45) is 5.92 Å². The molecule has 2 aromatic carbocycles. The van der Waals surface area contributed by atoms with Crippen LogP contribution in [0.2, 0.25) is 0 Å². The minimum Gasteiger partial charge on any atom is -0.394 e. The molecule has 0 saturated heterocycles. The summed E-state index contributed by atoms with van der Waals surface area (Å²) in [5.74, 6) is -3.00. The molecule has 1 amide bonds. The van der Waals surface area contributed by atoms with Crippen LogP contribution < -0.4 is 5.32 Å². The van der Waals surface area contributed by atoms with E-state index >= 15 is 0 Å². The highest BCUT2D eigenvalue weighted by Gasteiger charge is 2.41. The Balaban J connectivity index is 1.65. The van der Waals surface area contributed by atoms with Crippen molar-refractivity contribution in [2.45, 2.75) is 24.3 Å². The number of benzene rings is 2. The van der Waals surface area contributed by atoms with Gasteiger partial charge in [-0.1, -0.05) is 0 Å². The van der Waals surface area contributed by atoms with E-state index < -0.39 is 54.6 Å². The zero-order valence-electron chi connectivity index (χ0n) is 17.0. The fraction of sp³-hybridized carbons (Fsp3) is 0.348. The van der Waals surface area contributed by atoms with E-state index in [0.717, 1.165) is 6.07 Å². The molecule has 9 heteroatoms. The van der Waals surface area contributed by atoms with Crippen molar-refractivity contribution < 1.29 is 33.3 Å². The summed E-state index contributed by atoms with van der Waals surface area (Å²) >= 11 is 0. The lowest BCUT2D eigenvalue weighted by Crippen LogP contribution is -2.59. The summed E-state index contributed by atoms with van der Waals surface area (Å²) in [6, 6.07) is 7.65. The molecule has 170 valence electrons. The Bertz CT molecular complexity index is 1130. The van der Waals surface area contributed by atoms with Crippen LogP contribution in [0.15, 0.2) is 36.4 Å². The highest BCUT2D eigenvalue weighted by Crippen LogP contribution is 2.48. The van der Waals surface area contributed by atoms with Crippen molar-refractivity contribution >= 4 is 16.8 Å². The Hall–Kier alpha value is -2.88. The Morgan fingerprint density at radius 2 is 1.62 bits per heavy atom. The van der Waals surface area contributed by atoms with Gasteiger partial charge in [-0.25, -0.2) is 13.2 Å². The molecule has 1 heterocycles. The predicted octanol–water partition coefficient (Wildman–Crippen LogP) is 2.58. The Morgan fingerprint density at radius 3 is 2.22 bits per heavy atom. The standard InChI is InChI=1S/C23H23F3N2O4/c24-15-3-1-12(2-4-15)20-19(17-7-16(25)8-18(26)21(17)27-20)13-5-14(6-13)22(32)28-23(9-29,10-30)11-31/h1-4,7-8,13-14,27,29-31H,5-6,9-11H2,(H,28,32)/t13-,14+. The number of aromatic amines is 1. The van der Waals surface area contributed by atoms with Gasteiger partial charge in [-0.15, -0.1) is 0 Å². The predicted molar refractivity (Wildman–Crippen MR) is 111 cm³/mol. The number of H-pyrrole nitrogens is 1. The van der Waals surface area contributed by atoms with Crippen LogP contribution in [0.5, 0.6) is 0 Å². The molecular formula is C23H23F3N2O4. The summed E-state index contributed by atoms with van der Waals surface area (Å²) in [6.45, 7) is -1.88. The van der Waals surface area contributed by atoms with Crippen molar-refractivity contribution in [1.29, 1.82) is 0 Å². The Labute approximate surface area is 181 Å². The molecule has 0 aliphatic heterocycles. The van der Waals surface area contributed by atoms with Crippen LogP contribution in [-0.4, -0.2) is 51.6 Å². The number of aromatic nitrogens is 1. The van der Waals surface area contributed by atoms with Crippen molar-refractivity contribution in [3.63, 3.8) is 0 Å². The molecule has 6 nitrogen and oxygen atoms in total. The number of fused-ring (bicyclic) bond motifs is 1. The number of aliphatic hydroxyl groups is 3. The first-order chi connectivity index (χ1) is 15.3. The fourth-order valence-electron chi connectivity index (χ4n) is 4.21. The van der Waals surface area contributed by atoms with E-state index in [4.69, 9.17) is 0 Å². The van der Waals surface area contributed by atoms with Crippen LogP contribution in [0.3, 0.4) is 0 Å². The van der Waals surface area contributed by atoms with Gasteiger partial charge < -0.3 is 25.6 Å². The highest BCUT2D eigenvalue weighted by atomic mass is 19.1. The lowest BCUT2D eigenvalue weighted by molar-refractivity contribution is -0.132. The van der Waals surface area contributed by atoms with Crippen LogP contribution in [-0.2, 0) is 4.79 Å². The van der Waals surface area contributed by atoms with Gasteiger partial charge in [0.15, 0.2) is 0 Å². The minimum absolute atomic E-state index is 0.133. The highest BCUT2D eigenvalue weighted by molar-refractivity contribution is 5.92. The van der Waals surface area contributed by atoms with Gasteiger partial charge >= 0.3 is 0 Å². The minimum atomic E-state index is -1.52. The molecule has 0 radical (unpaired) electrons. The lowest BCUT2D eigenvalue weighted by atomic mass is 9.69. The molecule has 3 aromatic rings. The number of hydrogen-bond acceptors (Lipinski definition) is 4. The maximum absolute atomic E-state index is 14.4. The first-order valence-corrected chi connectivity index (χ1v) is 10.2. The smallest absolute Gasteiger partial charge is 0.223 e. The summed E-state index contributed by atoms with van der Waals surface area (Å²) in [5, 5.41) is 31.1. The van der Waals surface area contributed by atoms with Gasteiger partial charge in [-0.3, -0.25) is 4.79 Å². The van der Waals surface area contributed by atoms with Gasteiger partial charge in [0.1, 0.15) is 23.0 Å². The molecule has 0 atom stereocenters. The average molecular weight is 448 g/mol. The van der Waals surface area contributed by atoms with E-state index in [9.17, 15) is 33.3 Å². The zero-order chi connectivity index (χ0) is 23.0. The van der Waals surface area contributed by atoms with E-state index in [1.807, 2.05) is 0 Å². The van der Waals surface area contributed by atoms with Gasteiger partial charge in [-0.05, 0) is 60.2 Å². The van der Waals surface area contributed by atoms with Crippen LogP contribution in [0.25, 0.3) is 22.2 Å². The molecule has 1 aliphatic carbocycles. The molecule has 0 unspecified atom stereocenters. The van der Waals surface area contributed by atoms with E-state index in [1.54, 1.807) is 12.1 Å². The molecule has 1 aliphatic rings. The number of rotatable bonds is 7. The third-order valence-corrected chi connectivity index (χ3v) is 6.21. The number of amides is 1. The zero-order valence-corrected chi connectivity index (χ0v) is 17.0. The van der Waals surface area contributed by atoms with Crippen molar-refractivity contribution in [3.8, 4) is 11.3 Å². The normalized spacial score (nSPS) is 18.6. The molecule has 1 aromatic heterocycles. The first kappa shape index (κ1) is 22.3. The maximum atomic E-state index is 14.4. The quantitative estimate of drug-likeness (QED) is 0.383. The second-order valence-electron chi connectivity index (χ2n) is 8.34. The summed E-state index contributed by atoms with van der Waals surface area (Å²) < 4.78 is 41.8. The van der Waals surface area contributed by atoms with Gasteiger partial charge in [0.05, 0.1) is 31.0 Å². The van der Waals surface area contributed by atoms with E-state index in [-0.39, 0.29) is 11.4 Å². The largest absolute Gasteiger partial charge is 0.394 e. The summed E-state index contributed by atoms with van der Waals surface area (Å²) in [5.41, 5.74) is 0.392. The van der Waals surface area contributed by atoms with Gasteiger partial charge in [0.25, 0.3) is 0 Å². The number of halogens is 3. The summed E-state index contributed by atoms with van der Waals surface area (Å²) in [6.07, 6.45) is 0.729. The van der Waals surface area contributed by atoms with Crippen LogP contribution in [0, 0.1) is 23.4 Å². The maximum Gasteiger partial charge on any atom is 0.223 e. The number of nitrogens with one attached hydrogen (secondary N) is 2. The molecule has 0 spiro atoms. The Morgan fingerprint density at radius 1 is 1.00 bits per heavy atom. The summed E-state index contributed by atoms with van der Waals surface area (Å²) in [4.78, 5) is 15.6. The molecule has 4 rings (SSSR count). The second kappa shape index (κ2) is 8.57. The van der Waals surface area contributed by atoms with Gasteiger partial charge in [0, 0.05) is 17.4 Å². The molecule has 1 saturated carbocycles. The van der Waals surface area contributed by atoms with E-state index in [1.165, 1.54) is 18.2 Å². The molecule has 0 bridgehead atoms. The van der Waals surface area contributed by atoms with Crippen LogP contribution >= 0.6 is 0 Å². The van der Waals surface area contributed by atoms with E-state index in [0.29, 0.717) is 35.0 Å². The van der Waals surface area contributed by atoms with Gasteiger partial charge in [0.2, 0.25) is 5.91 Å². The molecule has 1 fully saturated rings. The summed E-state index contributed by atoms with van der Waals surface area (Å²) in [7, 11) is 0. The molecular weight excluding hydrogens is 425 g/mol. The Kier molecular flexibility index (Phi) is 5.98. The number of carbonyl (C=O) groups excluding carboxylic acids is 1. The van der Waals surface area contributed by atoms with Crippen LogP contribution in [0.4, 0.5) is 13.2 Å². The second-order valence-corrected chi connectivity index (χ2v) is 8.34. The third-order valence-electron chi connectivity index (χ3n) is 6.21. The van der Waals surface area contributed by atoms with Crippen molar-refractivity contribution in [3.05, 3.63) is 59.4 Å². The topological polar surface area (TPSA) is 106 Å². The van der Waals surface area contributed by atoms with Crippen LogP contribution in [0.1, 0.15) is 24.3 Å².